The minimum atomic E-state index is -1.13. The lowest BCUT2D eigenvalue weighted by Gasteiger charge is -2.34. The molecule has 1 saturated carbocycles. The van der Waals surface area contributed by atoms with Crippen LogP contribution in [0.15, 0.2) is 36.3 Å². The summed E-state index contributed by atoms with van der Waals surface area (Å²) < 4.78 is 1.50. The number of allylic oxidation sites excluding steroid dienone is 2. The van der Waals surface area contributed by atoms with Gasteiger partial charge in [0.15, 0.2) is 0 Å². The monoisotopic (exact) mass is 456 g/mol. The molecule has 1 saturated heterocycles. The zero-order valence-electron chi connectivity index (χ0n) is 17.9. The van der Waals surface area contributed by atoms with Crippen LogP contribution in [0.25, 0.3) is 5.69 Å². The Kier molecular flexibility index (Phi) is 5.05. The van der Waals surface area contributed by atoms with Crippen LogP contribution in [0, 0.1) is 17.3 Å². The van der Waals surface area contributed by atoms with Gasteiger partial charge < -0.3 is 15.3 Å². The highest BCUT2D eigenvalue weighted by molar-refractivity contribution is 6.30. The van der Waals surface area contributed by atoms with Crippen molar-refractivity contribution in [3.63, 3.8) is 0 Å². The molecule has 168 valence electrons. The summed E-state index contributed by atoms with van der Waals surface area (Å²) >= 11 is 6.16. The van der Waals surface area contributed by atoms with E-state index in [2.05, 4.69) is 20.8 Å². The van der Waals surface area contributed by atoms with Crippen molar-refractivity contribution in [1.29, 1.82) is 0 Å². The summed E-state index contributed by atoms with van der Waals surface area (Å²) in [7, 11) is 0. The number of fused-ring (bicyclic) bond motifs is 1. The minimum Gasteiger partial charge on any atom is -0.383 e. The minimum absolute atomic E-state index is 0.133. The van der Waals surface area contributed by atoms with Crippen LogP contribution in [-0.4, -0.2) is 54.2 Å². The Labute approximate surface area is 190 Å². The average Bonchev–Trinajstić information content (AvgIpc) is 3.68. The number of benzene rings is 1. The largest absolute Gasteiger partial charge is 0.383 e. The number of carbonyl (C=O) groups excluding carboxylic acids is 2. The predicted molar refractivity (Wildman–Crippen MR) is 115 cm³/mol. The van der Waals surface area contributed by atoms with Crippen molar-refractivity contribution < 1.29 is 14.7 Å². The van der Waals surface area contributed by atoms with Crippen molar-refractivity contribution in [3.05, 3.63) is 46.9 Å². The molecule has 2 unspecified atom stereocenters. The standard InChI is InChI=1S/C22H25ClN6O3/c1-22(2,14-3-4-14)19(30)21(32)29-17-8-12(17)9-18(29)20(31)24-10-13-7-15(23)5-6-16(13)28-11-25-26-27-28/h5-8,11-12,14,18-19,30H,3-4,9-10H2,1-2H3,(H,24,31)/t12-,18?,19?/m1/s1. The van der Waals surface area contributed by atoms with Crippen molar-refractivity contribution in [2.75, 3.05) is 0 Å². The van der Waals surface area contributed by atoms with Crippen LogP contribution in [0.3, 0.4) is 0 Å². The van der Waals surface area contributed by atoms with Gasteiger partial charge in [-0.15, -0.1) is 5.10 Å². The molecule has 2 aromatic rings. The van der Waals surface area contributed by atoms with Crippen molar-refractivity contribution >= 4 is 23.4 Å². The third-order valence-corrected chi connectivity index (χ3v) is 7.14. The van der Waals surface area contributed by atoms with Crippen LogP contribution in [0.2, 0.25) is 5.02 Å². The van der Waals surface area contributed by atoms with E-state index in [-0.39, 0.29) is 24.3 Å². The zero-order chi connectivity index (χ0) is 22.6. The normalized spacial score (nSPS) is 22.9. The van der Waals surface area contributed by atoms with Gasteiger partial charge in [-0.2, -0.15) is 0 Å². The van der Waals surface area contributed by atoms with Gasteiger partial charge in [0, 0.05) is 28.6 Å². The third kappa shape index (κ3) is 3.69. The number of hydrogen-bond acceptors (Lipinski definition) is 6. The van der Waals surface area contributed by atoms with Gasteiger partial charge in [0.1, 0.15) is 18.5 Å². The summed E-state index contributed by atoms with van der Waals surface area (Å²) in [6, 6.07) is 4.62. The van der Waals surface area contributed by atoms with Crippen molar-refractivity contribution in [2.24, 2.45) is 17.3 Å². The number of amides is 2. The van der Waals surface area contributed by atoms with Gasteiger partial charge in [-0.25, -0.2) is 4.68 Å². The number of likely N-dealkylation sites (tertiary alicyclic amines) is 1. The molecule has 2 aliphatic carbocycles. The lowest BCUT2D eigenvalue weighted by Crippen LogP contribution is -2.52. The lowest BCUT2D eigenvalue weighted by molar-refractivity contribution is -0.149. The molecule has 0 bridgehead atoms. The first kappa shape index (κ1) is 21.1. The quantitative estimate of drug-likeness (QED) is 0.657. The van der Waals surface area contributed by atoms with Gasteiger partial charge in [0.2, 0.25) is 5.91 Å². The van der Waals surface area contributed by atoms with Crippen LogP contribution in [0.4, 0.5) is 0 Å². The number of nitrogens with zero attached hydrogens (tertiary/aromatic N) is 5. The van der Waals surface area contributed by atoms with Crippen LogP contribution in [-0.2, 0) is 16.1 Å². The van der Waals surface area contributed by atoms with Gasteiger partial charge in [0.25, 0.3) is 5.91 Å². The highest BCUT2D eigenvalue weighted by Gasteiger charge is 2.54. The summed E-state index contributed by atoms with van der Waals surface area (Å²) in [5.41, 5.74) is 1.78. The van der Waals surface area contributed by atoms with E-state index in [4.69, 9.17) is 11.6 Å². The fraction of sp³-hybridized carbons (Fsp3) is 0.500. The molecule has 1 aromatic carbocycles. The number of nitrogens with one attached hydrogen (secondary N) is 1. The van der Waals surface area contributed by atoms with Crippen LogP contribution >= 0.6 is 11.6 Å². The van der Waals surface area contributed by atoms with E-state index in [1.807, 2.05) is 19.9 Å². The van der Waals surface area contributed by atoms with Crippen LogP contribution in [0.5, 0.6) is 0 Å². The first-order valence-corrected chi connectivity index (χ1v) is 11.2. The Bertz CT molecular complexity index is 1100. The molecule has 1 aliphatic heterocycles. The van der Waals surface area contributed by atoms with Gasteiger partial charge in [0.05, 0.1) is 5.69 Å². The molecule has 2 heterocycles. The number of rotatable bonds is 7. The maximum absolute atomic E-state index is 13.2. The molecule has 10 heteroatoms. The predicted octanol–water partition coefficient (Wildman–Crippen LogP) is 1.84. The molecule has 3 aliphatic rings. The number of aromatic nitrogens is 4. The number of carbonyl (C=O) groups is 2. The topological polar surface area (TPSA) is 113 Å². The summed E-state index contributed by atoms with van der Waals surface area (Å²) in [5.74, 6) is -0.169. The second-order valence-electron chi connectivity index (χ2n) is 9.40. The van der Waals surface area contributed by atoms with E-state index < -0.39 is 17.6 Å². The molecule has 0 radical (unpaired) electrons. The Morgan fingerprint density at radius 3 is 2.81 bits per heavy atom. The Balaban J connectivity index is 1.30. The summed E-state index contributed by atoms with van der Waals surface area (Å²) in [4.78, 5) is 27.8. The molecular weight excluding hydrogens is 432 g/mol. The van der Waals surface area contributed by atoms with Crippen molar-refractivity contribution in [3.8, 4) is 5.69 Å². The number of halogens is 1. The van der Waals surface area contributed by atoms with Crippen molar-refractivity contribution in [2.45, 2.75) is 51.8 Å². The second kappa shape index (κ2) is 7.67. The fourth-order valence-electron chi connectivity index (χ4n) is 4.63. The maximum Gasteiger partial charge on any atom is 0.256 e. The summed E-state index contributed by atoms with van der Waals surface area (Å²) in [6.45, 7) is 4.06. The molecule has 0 spiro atoms. The molecule has 9 nitrogen and oxygen atoms in total. The van der Waals surface area contributed by atoms with E-state index in [0.29, 0.717) is 23.0 Å². The molecular formula is C22H25ClN6O3. The number of aliphatic hydroxyl groups excluding tert-OH is 1. The van der Waals surface area contributed by atoms with Gasteiger partial charge in [-0.3, -0.25) is 9.59 Å². The Morgan fingerprint density at radius 2 is 2.12 bits per heavy atom. The van der Waals surface area contributed by atoms with Gasteiger partial charge in [-0.05, 0) is 59.4 Å². The summed E-state index contributed by atoms with van der Waals surface area (Å²) in [5, 5.41) is 25.5. The molecule has 2 amide bonds. The van der Waals surface area contributed by atoms with E-state index >= 15 is 0 Å². The SMILES string of the molecule is CC(C)(C1CC1)C(O)C(=O)N1C2=C[C@@H]2CC1C(=O)NCc1cc(Cl)ccc1-n1cnnn1. The Hall–Kier alpha value is -2.78. The van der Waals surface area contributed by atoms with Crippen molar-refractivity contribution in [1.82, 2.24) is 30.4 Å². The Morgan fingerprint density at radius 1 is 1.34 bits per heavy atom. The highest BCUT2D eigenvalue weighted by Crippen LogP contribution is 2.50. The van der Waals surface area contributed by atoms with E-state index in [1.54, 1.807) is 18.2 Å². The van der Waals surface area contributed by atoms with E-state index in [1.165, 1.54) is 15.9 Å². The number of hydrogen-bond donors (Lipinski definition) is 2. The summed E-state index contributed by atoms with van der Waals surface area (Å²) in [6.07, 6.45) is 4.90. The molecule has 2 N–H and O–H groups in total. The number of aliphatic hydroxyl groups is 1. The molecule has 32 heavy (non-hydrogen) atoms. The van der Waals surface area contributed by atoms with Crippen LogP contribution < -0.4 is 5.32 Å². The lowest BCUT2D eigenvalue weighted by atomic mass is 9.80. The van der Waals surface area contributed by atoms with Gasteiger partial charge >= 0.3 is 0 Å². The zero-order valence-corrected chi connectivity index (χ0v) is 18.7. The molecule has 5 rings (SSSR count). The maximum atomic E-state index is 13.2. The van der Waals surface area contributed by atoms with E-state index in [0.717, 1.165) is 24.1 Å². The van der Waals surface area contributed by atoms with E-state index in [9.17, 15) is 14.7 Å². The first-order valence-electron chi connectivity index (χ1n) is 10.8. The average molecular weight is 457 g/mol. The van der Waals surface area contributed by atoms with Gasteiger partial charge in [-0.1, -0.05) is 31.5 Å². The van der Waals surface area contributed by atoms with Crippen LogP contribution in [0.1, 0.15) is 38.7 Å². The molecule has 2 fully saturated rings. The smallest absolute Gasteiger partial charge is 0.256 e. The second-order valence-corrected chi connectivity index (χ2v) is 9.84. The highest BCUT2D eigenvalue weighted by atomic mass is 35.5. The third-order valence-electron chi connectivity index (χ3n) is 6.91. The fourth-order valence-corrected chi connectivity index (χ4v) is 4.82. The molecule has 3 atom stereocenters. The first-order chi connectivity index (χ1) is 15.3. The molecule has 1 aromatic heterocycles. The number of tetrazole rings is 1.